The number of hydrogen-bond acceptors (Lipinski definition) is 3. The first-order valence-electron chi connectivity index (χ1n) is 7.06. The lowest BCUT2D eigenvalue weighted by molar-refractivity contribution is 0.101. The van der Waals surface area contributed by atoms with Crippen LogP contribution in [0.1, 0.15) is 17.3 Å². The number of benzene rings is 2. The number of rotatable bonds is 3. The Hall–Kier alpha value is -2.44. The number of halogens is 4. The van der Waals surface area contributed by atoms with Crippen molar-refractivity contribution in [1.29, 1.82) is 0 Å². The van der Waals surface area contributed by atoms with Gasteiger partial charge in [-0.05, 0) is 31.2 Å². The predicted octanol–water partition coefficient (Wildman–Crippen LogP) is 5.06. The van der Waals surface area contributed by atoms with E-state index >= 15 is 0 Å². The van der Waals surface area contributed by atoms with Gasteiger partial charge in [-0.25, -0.2) is 8.78 Å². The SMILES string of the molecule is CC(=O)c1c(Nc2ccc(F)c(F)c2)[nH]c2c(Cl)ccc(Cl)c2c1=O. The summed E-state index contributed by atoms with van der Waals surface area (Å²) in [5.74, 6) is -2.60. The Morgan fingerprint density at radius 1 is 1.08 bits per heavy atom. The van der Waals surface area contributed by atoms with Crippen LogP contribution in [0.2, 0.25) is 10.0 Å². The van der Waals surface area contributed by atoms with E-state index in [0.717, 1.165) is 12.1 Å². The van der Waals surface area contributed by atoms with Crippen molar-refractivity contribution < 1.29 is 13.6 Å². The molecule has 0 atom stereocenters. The van der Waals surface area contributed by atoms with E-state index in [1.54, 1.807) is 0 Å². The lowest BCUT2D eigenvalue weighted by Gasteiger charge is -2.13. The normalized spacial score (nSPS) is 10.9. The van der Waals surface area contributed by atoms with Crippen molar-refractivity contribution in [3.63, 3.8) is 0 Å². The van der Waals surface area contributed by atoms with E-state index in [2.05, 4.69) is 10.3 Å². The van der Waals surface area contributed by atoms with Crippen LogP contribution in [0.5, 0.6) is 0 Å². The Balaban J connectivity index is 2.28. The zero-order chi connectivity index (χ0) is 18.3. The largest absolute Gasteiger partial charge is 0.341 e. The molecule has 0 aliphatic rings. The van der Waals surface area contributed by atoms with E-state index in [9.17, 15) is 18.4 Å². The molecule has 3 rings (SSSR count). The summed E-state index contributed by atoms with van der Waals surface area (Å²) in [7, 11) is 0. The molecule has 0 spiro atoms. The number of nitrogens with one attached hydrogen (secondary N) is 2. The fourth-order valence-electron chi connectivity index (χ4n) is 2.47. The highest BCUT2D eigenvalue weighted by atomic mass is 35.5. The summed E-state index contributed by atoms with van der Waals surface area (Å²) in [5.41, 5.74) is -0.427. The van der Waals surface area contributed by atoms with Crippen LogP contribution in [0.15, 0.2) is 35.1 Å². The van der Waals surface area contributed by atoms with Crippen LogP contribution >= 0.6 is 23.2 Å². The van der Waals surface area contributed by atoms with Crippen molar-refractivity contribution in [3.8, 4) is 0 Å². The van der Waals surface area contributed by atoms with Gasteiger partial charge in [0.25, 0.3) is 0 Å². The molecular weight excluding hydrogens is 373 g/mol. The first-order chi connectivity index (χ1) is 11.8. The van der Waals surface area contributed by atoms with Crippen LogP contribution in [0.25, 0.3) is 10.9 Å². The number of anilines is 2. The van der Waals surface area contributed by atoms with Gasteiger partial charge in [0.2, 0.25) is 5.43 Å². The summed E-state index contributed by atoms with van der Waals surface area (Å²) in [5, 5.41) is 3.16. The standard InChI is InChI=1S/C17H10Cl2F2N2O2/c1-7(24)13-16(25)14-9(18)3-4-10(19)15(14)23-17(13)22-8-2-5-11(20)12(21)6-8/h2-6H,1H3,(H2,22,23,25). The van der Waals surface area contributed by atoms with E-state index in [4.69, 9.17) is 23.2 Å². The zero-order valence-corrected chi connectivity index (χ0v) is 14.2. The summed E-state index contributed by atoms with van der Waals surface area (Å²) < 4.78 is 26.5. The smallest absolute Gasteiger partial charge is 0.203 e. The molecule has 25 heavy (non-hydrogen) atoms. The van der Waals surface area contributed by atoms with Gasteiger partial charge in [0.05, 0.1) is 20.9 Å². The number of ketones is 1. The zero-order valence-electron chi connectivity index (χ0n) is 12.7. The molecule has 0 fully saturated rings. The van der Waals surface area contributed by atoms with Gasteiger partial charge in [0.1, 0.15) is 11.4 Å². The van der Waals surface area contributed by atoms with Crippen LogP contribution in [0.3, 0.4) is 0 Å². The van der Waals surface area contributed by atoms with Gasteiger partial charge < -0.3 is 10.3 Å². The van der Waals surface area contributed by atoms with Crippen molar-refractivity contribution in [3.05, 3.63) is 67.8 Å². The Labute approximate surface area is 150 Å². The molecule has 0 radical (unpaired) electrons. The molecule has 1 aromatic heterocycles. The van der Waals surface area contributed by atoms with Crippen LogP contribution in [0.4, 0.5) is 20.3 Å². The maximum atomic E-state index is 13.4. The van der Waals surface area contributed by atoms with E-state index in [1.807, 2.05) is 0 Å². The lowest BCUT2D eigenvalue weighted by atomic mass is 10.1. The number of aromatic nitrogens is 1. The molecule has 1 heterocycles. The number of carbonyl (C=O) groups is 1. The maximum absolute atomic E-state index is 13.4. The van der Waals surface area contributed by atoms with Gasteiger partial charge in [0, 0.05) is 11.8 Å². The third-order valence-electron chi connectivity index (χ3n) is 3.60. The summed E-state index contributed by atoms with van der Waals surface area (Å²) in [6.45, 7) is 1.21. The van der Waals surface area contributed by atoms with Gasteiger partial charge in [0.15, 0.2) is 17.4 Å². The van der Waals surface area contributed by atoms with Crippen molar-refractivity contribution in [2.75, 3.05) is 5.32 Å². The minimum atomic E-state index is -1.07. The lowest BCUT2D eigenvalue weighted by Crippen LogP contribution is -2.18. The fourth-order valence-corrected chi connectivity index (χ4v) is 2.92. The molecule has 0 saturated carbocycles. The number of Topliss-reactive ketones (excluding diaryl/α,β-unsaturated/α-hetero) is 1. The summed E-state index contributed by atoms with van der Waals surface area (Å²) in [6.07, 6.45) is 0. The molecule has 2 N–H and O–H groups in total. The number of pyridine rings is 1. The van der Waals surface area contributed by atoms with Gasteiger partial charge in [-0.1, -0.05) is 23.2 Å². The highest BCUT2D eigenvalue weighted by molar-refractivity contribution is 6.40. The molecule has 0 unspecified atom stereocenters. The minimum absolute atomic E-state index is 0.0141. The molecule has 0 saturated heterocycles. The van der Waals surface area contributed by atoms with Crippen LogP contribution < -0.4 is 10.7 Å². The molecule has 0 bridgehead atoms. The topological polar surface area (TPSA) is 62.0 Å². The third-order valence-corrected chi connectivity index (χ3v) is 4.23. The number of hydrogen-bond donors (Lipinski definition) is 2. The highest BCUT2D eigenvalue weighted by Crippen LogP contribution is 2.29. The quantitative estimate of drug-likeness (QED) is 0.622. The average molecular weight is 383 g/mol. The van der Waals surface area contributed by atoms with Gasteiger partial charge in [-0.2, -0.15) is 0 Å². The second-order valence-electron chi connectivity index (χ2n) is 5.29. The first-order valence-corrected chi connectivity index (χ1v) is 7.82. The van der Waals surface area contributed by atoms with Gasteiger partial charge in [-0.3, -0.25) is 9.59 Å². The fraction of sp³-hybridized carbons (Fsp3) is 0.0588. The van der Waals surface area contributed by atoms with E-state index in [-0.39, 0.29) is 38.0 Å². The number of aromatic amines is 1. The molecule has 4 nitrogen and oxygen atoms in total. The third kappa shape index (κ3) is 3.10. The van der Waals surface area contributed by atoms with Crippen LogP contribution in [-0.4, -0.2) is 10.8 Å². The van der Waals surface area contributed by atoms with Crippen molar-refractivity contribution in [2.24, 2.45) is 0 Å². The first kappa shape index (κ1) is 17.4. The summed E-state index contributed by atoms with van der Waals surface area (Å²) in [6, 6.07) is 6.05. The Morgan fingerprint density at radius 2 is 1.76 bits per heavy atom. The molecule has 2 aromatic carbocycles. The molecule has 8 heteroatoms. The second-order valence-corrected chi connectivity index (χ2v) is 6.11. The Morgan fingerprint density at radius 3 is 2.40 bits per heavy atom. The summed E-state index contributed by atoms with van der Waals surface area (Å²) in [4.78, 5) is 27.5. The minimum Gasteiger partial charge on any atom is -0.341 e. The van der Waals surface area contributed by atoms with Gasteiger partial charge >= 0.3 is 0 Å². The van der Waals surface area contributed by atoms with Crippen LogP contribution in [0, 0.1) is 11.6 Å². The second kappa shape index (κ2) is 6.46. The van der Waals surface area contributed by atoms with Crippen LogP contribution in [-0.2, 0) is 0 Å². The van der Waals surface area contributed by atoms with E-state index in [0.29, 0.717) is 0 Å². The molecule has 128 valence electrons. The molecule has 0 aliphatic carbocycles. The predicted molar refractivity (Wildman–Crippen MR) is 94.2 cm³/mol. The average Bonchev–Trinajstić information content (AvgIpc) is 2.54. The molecule has 0 aliphatic heterocycles. The van der Waals surface area contributed by atoms with Crippen molar-refractivity contribution in [2.45, 2.75) is 6.92 Å². The maximum Gasteiger partial charge on any atom is 0.203 e. The number of H-pyrrole nitrogens is 1. The van der Waals surface area contributed by atoms with Gasteiger partial charge in [-0.15, -0.1) is 0 Å². The number of carbonyl (C=O) groups excluding carboxylic acids is 1. The molecule has 3 aromatic rings. The Bertz CT molecular complexity index is 1080. The van der Waals surface area contributed by atoms with E-state index < -0.39 is 22.8 Å². The molecular formula is C17H10Cl2F2N2O2. The molecule has 0 amide bonds. The van der Waals surface area contributed by atoms with Crippen molar-refractivity contribution >= 4 is 51.4 Å². The number of fused-ring (bicyclic) bond motifs is 1. The van der Waals surface area contributed by atoms with E-state index in [1.165, 1.54) is 25.1 Å². The summed E-state index contributed by atoms with van der Waals surface area (Å²) >= 11 is 12.2. The van der Waals surface area contributed by atoms with Crippen molar-refractivity contribution in [1.82, 2.24) is 4.98 Å². The monoisotopic (exact) mass is 382 g/mol. The Kier molecular flexibility index (Phi) is 4.49. The highest BCUT2D eigenvalue weighted by Gasteiger charge is 2.19.